The maximum absolute atomic E-state index is 12.0. The molecule has 20 heavy (non-hydrogen) atoms. The summed E-state index contributed by atoms with van der Waals surface area (Å²) < 4.78 is 26.4. The van der Waals surface area contributed by atoms with Crippen molar-refractivity contribution in [2.75, 3.05) is 6.54 Å². The molecule has 0 radical (unpaired) electrons. The molecule has 0 aliphatic heterocycles. The number of amides is 1. The van der Waals surface area contributed by atoms with Crippen LogP contribution in [0.1, 0.15) is 25.8 Å². The SMILES string of the molecule is CCCNC(=O)C(C)NS(=O)(=O)c1ccc(C#N)cc1. The molecule has 1 unspecified atom stereocenters. The van der Waals surface area contributed by atoms with Crippen molar-refractivity contribution in [2.45, 2.75) is 31.2 Å². The van der Waals surface area contributed by atoms with Gasteiger partial charge in [-0.15, -0.1) is 0 Å². The highest BCUT2D eigenvalue weighted by atomic mass is 32.2. The molecular formula is C13H17N3O3S. The Hall–Kier alpha value is -1.91. The van der Waals surface area contributed by atoms with E-state index in [2.05, 4.69) is 10.0 Å². The van der Waals surface area contributed by atoms with Crippen LogP contribution in [-0.2, 0) is 14.8 Å². The fraction of sp³-hybridized carbons (Fsp3) is 0.385. The number of hydrogen-bond acceptors (Lipinski definition) is 4. The van der Waals surface area contributed by atoms with E-state index in [-0.39, 0.29) is 10.8 Å². The Labute approximate surface area is 118 Å². The van der Waals surface area contributed by atoms with Gasteiger partial charge in [0.2, 0.25) is 15.9 Å². The standard InChI is InChI=1S/C13H17N3O3S/c1-3-8-15-13(17)10(2)16-20(18,19)12-6-4-11(9-14)5-7-12/h4-7,10,16H,3,8H2,1-2H3,(H,15,17). The summed E-state index contributed by atoms with van der Waals surface area (Å²) in [5, 5.41) is 11.3. The monoisotopic (exact) mass is 295 g/mol. The van der Waals surface area contributed by atoms with Gasteiger partial charge in [-0.25, -0.2) is 8.42 Å². The fourth-order valence-electron chi connectivity index (χ4n) is 1.46. The second-order valence-electron chi connectivity index (χ2n) is 4.27. The van der Waals surface area contributed by atoms with Gasteiger partial charge in [-0.2, -0.15) is 9.98 Å². The van der Waals surface area contributed by atoms with Gasteiger partial charge in [0.05, 0.1) is 22.6 Å². The van der Waals surface area contributed by atoms with Crippen molar-refractivity contribution in [1.29, 1.82) is 5.26 Å². The van der Waals surface area contributed by atoms with Crippen molar-refractivity contribution in [3.63, 3.8) is 0 Å². The zero-order chi connectivity index (χ0) is 15.2. The first-order valence-corrected chi connectivity index (χ1v) is 7.69. The van der Waals surface area contributed by atoms with Crippen molar-refractivity contribution >= 4 is 15.9 Å². The number of carbonyl (C=O) groups is 1. The Morgan fingerprint density at radius 2 is 1.95 bits per heavy atom. The molecule has 0 saturated heterocycles. The van der Waals surface area contributed by atoms with Gasteiger partial charge in [-0.05, 0) is 37.6 Å². The largest absolute Gasteiger partial charge is 0.355 e. The quantitative estimate of drug-likeness (QED) is 0.809. The summed E-state index contributed by atoms with van der Waals surface area (Å²) in [5.41, 5.74) is 0.373. The van der Waals surface area contributed by atoms with Crippen LogP contribution < -0.4 is 10.0 Å². The van der Waals surface area contributed by atoms with Crippen molar-refractivity contribution in [1.82, 2.24) is 10.0 Å². The van der Waals surface area contributed by atoms with E-state index in [4.69, 9.17) is 5.26 Å². The molecule has 1 aromatic rings. The molecule has 0 aliphatic rings. The van der Waals surface area contributed by atoms with Gasteiger partial charge in [0, 0.05) is 6.54 Å². The van der Waals surface area contributed by atoms with Gasteiger partial charge in [-0.3, -0.25) is 4.79 Å². The number of nitrogens with one attached hydrogen (secondary N) is 2. The van der Waals surface area contributed by atoms with Crippen LogP contribution >= 0.6 is 0 Å². The normalized spacial score (nSPS) is 12.4. The third kappa shape index (κ3) is 4.33. The number of sulfonamides is 1. The van der Waals surface area contributed by atoms with E-state index < -0.39 is 16.1 Å². The van der Waals surface area contributed by atoms with Crippen LogP contribution in [0.5, 0.6) is 0 Å². The first-order chi connectivity index (χ1) is 9.40. The van der Waals surface area contributed by atoms with Gasteiger partial charge >= 0.3 is 0 Å². The van der Waals surface area contributed by atoms with Crippen LogP contribution in [0.15, 0.2) is 29.2 Å². The van der Waals surface area contributed by atoms with Gasteiger partial charge in [0.15, 0.2) is 0 Å². The fourth-order valence-corrected chi connectivity index (χ4v) is 2.67. The van der Waals surface area contributed by atoms with Gasteiger partial charge in [-0.1, -0.05) is 6.92 Å². The summed E-state index contributed by atoms with van der Waals surface area (Å²) in [6.45, 7) is 3.89. The first-order valence-electron chi connectivity index (χ1n) is 6.21. The van der Waals surface area contributed by atoms with Crippen molar-refractivity contribution in [2.24, 2.45) is 0 Å². The van der Waals surface area contributed by atoms with E-state index in [1.54, 1.807) is 0 Å². The Morgan fingerprint density at radius 1 is 1.35 bits per heavy atom. The second kappa shape index (κ2) is 7.03. The molecule has 1 amide bonds. The highest BCUT2D eigenvalue weighted by molar-refractivity contribution is 7.89. The number of hydrogen-bond donors (Lipinski definition) is 2. The van der Waals surface area contributed by atoms with Crippen LogP contribution in [0.2, 0.25) is 0 Å². The molecule has 7 heteroatoms. The van der Waals surface area contributed by atoms with Crippen LogP contribution in [0.3, 0.4) is 0 Å². The molecular weight excluding hydrogens is 278 g/mol. The molecule has 1 aromatic carbocycles. The number of carbonyl (C=O) groups excluding carboxylic acids is 1. The Balaban J connectivity index is 2.78. The van der Waals surface area contributed by atoms with E-state index in [0.29, 0.717) is 12.1 Å². The predicted octanol–water partition coefficient (Wildman–Crippen LogP) is 0.751. The van der Waals surface area contributed by atoms with Crippen LogP contribution in [0, 0.1) is 11.3 Å². The number of nitriles is 1. The minimum atomic E-state index is -3.77. The highest BCUT2D eigenvalue weighted by Gasteiger charge is 2.21. The Morgan fingerprint density at radius 3 is 2.45 bits per heavy atom. The molecule has 1 rings (SSSR count). The van der Waals surface area contributed by atoms with Crippen molar-refractivity contribution in [3.8, 4) is 6.07 Å². The van der Waals surface area contributed by atoms with Crippen molar-refractivity contribution in [3.05, 3.63) is 29.8 Å². The van der Waals surface area contributed by atoms with Crippen molar-refractivity contribution < 1.29 is 13.2 Å². The molecule has 0 saturated carbocycles. The molecule has 0 bridgehead atoms. The molecule has 108 valence electrons. The predicted molar refractivity (Wildman–Crippen MR) is 74.2 cm³/mol. The van der Waals surface area contributed by atoms with Crippen LogP contribution in [0.4, 0.5) is 0 Å². The number of nitrogens with zero attached hydrogens (tertiary/aromatic N) is 1. The topological polar surface area (TPSA) is 99.1 Å². The third-order valence-corrected chi connectivity index (χ3v) is 4.12. The minimum Gasteiger partial charge on any atom is -0.355 e. The molecule has 0 heterocycles. The third-order valence-electron chi connectivity index (χ3n) is 2.57. The lowest BCUT2D eigenvalue weighted by molar-refractivity contribution is -0.122. The zero-order valence-corrected chi connectivity index (χ0v) is 12.2. The first kappa shape index (κ1) is 16.1. The van der Waals surface area contributed by atoms with E-state index in [0.717, 1.165) is 6.42 Å². The summed E-state index contributed by atoms with van der Waals surface area (Å²) in [4.78, 5) is 11.7. The van der Waals surface area contributed by atoms with E-state index in [1.165, 1.54) is 31.2 Å². The summed E-state index contributed by atoms with van der Waals surface area (Å²) in [5.74, 6) is -0.371. The minimum absolute atomic E-state index is 0.0200. The highest BCUT2D eigenvalue weighted by Crippen LogP contribution is 2.10. The molecule has 0 fully saturated rings. The molecule has 6 nitrogen and oxygen atoms in total. The van der Waals surface area contributed by atoms with E-state index in [9.17, 15) is 13.2 Å². The molecule has 2 N–H and O–H groups in total. The zero-order valence-electron chi connectivity index (χ0n) is 11.4. The summed E-state index contributed by atoms with van der Waals surface area (Å²) in [6, 6.07) is 6.54. The average molecular weight is 295 g/mol. The van der Waals surface area contributed by atoms with Gasteiger partial charge in [0.25, 0.3) is 0 Å². The van der Waals surface area contributed by atoms with Crippen LogP contribution in [0.25, 0.3) is 0 Å². The number of rotatable bonds is 6. The summed E-state index contributed by atoms with van der Waals surface area (Å²) >= 11 is 0. The maximum atomic E-state index is 12.0. The molecule has 0 aliphatic carbocycles. The average Bonchev–Trinajstić information content (AvgIpc) is 2.44. The summed E-state index contributed by atoms with van der Waals surface area (Å²) in [6.07, 6.45) is 0.779. The maximum Gasteiger partial charge on any atom is 0.241 e. The molecule has 1 atom stereocenters. The smallest absolute Gasteiger partial charge is 0.241 e. The Bertz CT molecular complexity index is 603. The van der Waals surface area contributed by atoms with Crippen LogP contribution in [-0.4, -0.2) is 26.9 Å². The lowest BCUT2D eigenvalue weighted by Crippen LogP contribution is -2.44. The molecule has 0 aromatic heterocycles. The number of benzene rings is 1. The summed E-state index contributed by atoms with van der Waals surface area (Å²) in [7, 11) is -3.77. The van der Waals surface area contributed by atoms with E-state index in [1.807, 2.05) is 13.0 Å². The lowest BCUT2D eigenvalue weighted by Gasteiger charge is -2.14. The Kier molecular flexibility index (Phi) is 5.67. The molecule has 0 spiro atoms. The van der Waals surface area contributed by atoms with Gasteiger partial charge < -0.3 is 5.32 Å². The van der Waals surface area contributed by atoms with Gasteiger partial charge in [0.1, 0.15) is 0 Å². The second-order valence-corrected chi connectivity index (χ2v) is 5.98. The lowest BCUT2D eigenvalue weighted by atomic mass is 10.2. The van der Waals surface area contributed by atoms with E-state index >= 15 is 0 Å².